The molecule has 0 aliphatic heterocycles. The fourth-order valence-corrected chi connectivity index (χ4v) is 2.14. The fraction of sp³-hybridized carbons (Fsp3) is 0. The first-order valence-electron chi connectivity index (χ1n) is 5.12. The van der Waals surface area contributed by atoms with Crippen LogP contribution in [0.1, 0.15) is 0 Å². The summed E-state index contributed by atoms with van der Waals surface area (Å²) >= 11 is 3.49. The summed E-state index contributed by atoms with van der Waals surface area (Å²) in [4.78, 5) is 4.45. The molecule has 3 aromatic rings. The molecule has 17 heavy (non-hydrogen) atoms. The molecule has 2 N–H and O–H groups in total. The minimum absolute atomic E-state index is 0.577. The maximum absolute atomic E-state index is 5.83. The normalized spacial score (nSPS) is 10.9. The van der Waals surface area contributed by atoms with E-state index < -0.39 is 0 Å². The second-order valence-electron chi connectivity index (χ2n) is 3.64. The molecule has 2 heterocycles. The van der Waals surface area contributed by atoms with E-state index in [0.29, 0.717) is 11.6 Å². The average molecular weight is 289 g/mol. The summed E-state index contributed by atoms with van der Waals surface area (Å²) in [5.74, 6) is 1.24. The van der Waals surface area contributed by atoms with Gasteiger partial charge in [-0.3, -0.25) is 0 Å². The molecule has 0 radical (unpaired) electrons. The predicted molar refractivity (Wildman–Crippen MR) is 70.5 cm³/mol. The number of fused-ring (bicyclic) bond motifs is 1. The highest BCUT2D eigenvalue weighted by Crippen LogP contribution is 2.25. The summed E-state index contributed by atoms with van der Waals surface area (Å²) in [5, 5.41) is 4.39. The lowest BCUT2D eigenvalue weighted by atomic mass is 10.2. The Bertz CT molecular complexity index is 690. The number of benzene rings is 1. The van der Waals surface area contributed by atoms with Gasteiger partial charge in [-0.2, -0.15) is 4.52 Å². The van der Waals surface area contributed by atoms with Crippen LogP contribution in [0.25, 0.3) is 17.0 Å². The van der Waals surface area contributed by atoms with Gasteiger partial charge in [0.1, 0.15) is 5.82 Å². The monoisotopic (exact) mass is 288 g/mol. The van der Waals surface area contributed by atoms with Crippen molar-refractivity contribution in [3.05, 3.63) is 46.9 Å². The van der Waals surface area contributed by atoms with Crippen molar-refractivity contribution in [2.45, 2.75) is 0 Å². The standard InChI is InChI=1S/C12H9BrN4/c13-9-5-2-1-4-8(9)12-15-11-7-3-6-10(14)17(11)16-12/h1-7H,14H2. The van der Waals surface area contributed by atoms with E-state index in [1.807, 2.05) is 36.4 Å². The number of aromatic nitrogens is 3. The molecule has 0 bridgehead atoms. The number of halogens is 1. The summed E-state index contributed by atoms with van der Waals surface area (Å²) in [6.45, 7) is 0. The van der Waals surface area contributed by atoms with E-state index in [-0.39, 0.29) is 0 Å². The zero-order valence-corrected chi connectivity index (χ0v) is 10.4. The number of hydrogen-bond donors (Lipinski definition) is 1. The zero-order chi connectivity index (χ0) is 11.8. The zero-order valence-electron chi connectivity index (χ0n) is 8.84. The van der Waals surface area contributed by atoms with Gasteiger partial charge < -0.3 is 5.73 Å². The quantitative estimate of drug-likeness (QED) is 0.749. The average Bonchev–Trinajstić information content (AvgIpc) is 2.75. The van der Waals surface area contributed by atoms with E-state index in [4.69, 9.17) is 5.73 Å². The topological polar surface area (TPSA) is 56.2 Å². The molecule has 0 aliphatic carbocycles. The van der Waals surface area contributed by atoms with E-state index in [2.05, 4.69) is 26.0 Å². The highest BCUT2D eigenvalue weighted by Gasteiger charge is 2.09. The molecule has 5 heteroatoms. The summed E-state index contributed by atoms with van der Waals surface area (Å²) < 4.78 is 2.60. The molecule has 3 rings (SSSR count). The molecule has 0 spiro atoms. The van der Waals surface area contributed by atoms with Crippen LogP contribution < -0.4 is 5.73 Å². The second kappa shape index (κ2) is 3.85. The number of nitrogens with zero attached hydrogens (tertiary/aromatic N) is 3. The first-order valence-corrected chi connectivity index (χ1v) is 5.91. The van der Waals surface area contributed by atoms with Gasteiger partial charge in [0, 0.05) is 10.0 Å². The molecule has 0 saturated heterocycles. The van der Waals surface area contributed by atoms with Crippen molar-refractivity contribution in [2.75, 3.05) is 5.73 Å². The molecule has 0 fully saturated rings. The fourth-order valence-electron chi connectivity index (χ4n) is 1.68. The van der Waals surface area contributed by atoms with E-state index in [1.165, 1.54) is 0 Å². The highest BCUT2D eigenvalue weighted by molar-refractivity contribution is 9.10. The molecule has 1 aromatic carbocycles. The van der Waals surface area contributed by atoms with Gasteiger partial charge in [-0.15, -0.1) is 5.10 Å². The van der Waals surface area contributed by atoms with Crippen LogP contribution >= 0.6 is 15.9 Å². The Morgan fingerprint density at radius 2 is 1.88 bits per heavy atom. The first-order chi connectivity index (χ1) is 8.25. The Morgan fingerprint density at radius 3 is 2.65 bits per heavy atom. The molecular formula is C12H9BrN4. The third-order valence-electron chi connectivity index (χ3n) is 2.50. The molecule has 84 valence electrons. The Balaban J connectivity index is 2.26. The van der Waals surface area contributed by atoms with Crippen molar-refractivity contribution in [1.82, 2.24) is 14.6 Å². The van der Waals surface area contributed by atoms with Gasteiger partial charge in [-0.25, -0.2) is 4.98 Å². The number of nitrogens with two attached hydrogens (primary N) is 1. The van der Waals surface area contributed by atoms with Crippen LogP contribution in [0.15, 0.2) is 46.9 Å². The molecular weight excluding hydrogens is 280 g/mol. The smallest absolute Gasteiger partial charge is 0.183 e. The minimum Gasteiger partial charge on any atom is -0.384 e. The van der Waals surface area contributed by atoms with Gasteiger partial charge >= 0.3 is 0 Å². The van der Waals surface area contributed by atoms with E-state index in [0.717, 1.165) is 15.7 Å². The summed E-state index contributed by atoms with van der Waals surface area (Å²) in [5.41, 5.74) is 7.53. The second-order valence-corrected chi connectivity index (χ2v) is 4.49. The van der Waals surface area contributed by atoms with Crippen LogP contribution in [-0.2, 0) is 0 Å². The summed E-state index contributed by atoms with van der Waals surface area (Å²) in [7, 11) is 0. The van der Waals surface area contributed by atoms with Crippen molar-refractivity contribution >= 4 is 27.4 Å². The van der Waals surface area contributed by atoms with Gasteiger partial charge in [-0.1, -0.05) is 34.1 Å². The summed E-state index contributed by atoms with van der Waals surface area (Å²) in [6.07, 6.45) is 0. The Labute approximate surface area is 106 Å². The van der Waals surface area contributed by atoms with Crippen molar-refractivity contribution in [1.29, 1.82) is 0 Å². The van der Waals surface area contributed by atoms with Crippen LogP contribution in [0.4, 0.5) is 5.82 Å². The number of pyridine rings is 1. The molecule has 4 nitrogen and oxygen atoms in total. The first kappa shape index (κ1) is 10.3. The van der Waals surface area contributed by atoms with Gasteiger partial charge in [0.15, 0.2) is 11.5 Å². The van der Waals surface area contributed by atoms with Gasteiger partial charge in [0.25, 0.3) is 0 Å². The van der Waals surface area contributed by atoms with Crippen LogP contribution in [0.5, 0.6) is 0 Å². The molecule has 0 saturated carbocycles. The lowest BCUT2D eigenvalue weighted by molar-refractivity contribution is 0.978. The molecule has 0 unspecified atom stereocenters. The SMILES string of the molecule is Nc1cccc2nc(-c3ccccc3Br)nn12. The van der Waals surface area contributed by atoms with E-state index in [1.54, 1.807) is 10.6 Å². The van der Waals surface area contributed by atoms with E-state index >= 15 is 0 Å². The molecule has 0 atom stereocenters. The van der Waals surface area contributed by atoms with Crippen molar-refractivity contribution < 1.29 is 0 Å². The summed E-state index contributed by atoms with van der Waals surface area (Å²) in [6, 6.07) is 13.4. The third kappa shape index (κ3) is 1.68. The van der Waals surface area contributed by atoms with Crippen LogP contribution in [0.3, 0.4) is 0 Å². The van der Waals surface area contributed by atoms with Crippen molar-refractivity contribution in [3.8, 4) is 11.4 Å². The molecule has 0 aliphatic rings. The number of anilines is 1. The van der Waals surface area contributed by atoms with Gasteiger partial charge in [-0.05, 0) is 24.3 Å². The maximum Gasteiger partial charge on any atom is 0.183 e. The lowest BCUT2D eigenvalue weighted by Crippen LogP contribution is -1.97. The minimum atomic E-state index is 0.577. The number of hydrogen-bond acceptors (Lipinski definition) is 3. The van der Waals surface area contributed by atoms with Gasteiger partial charge in [0.2, 0.25) is 0 Å². The lowest BCUT2D eigenvalue weighted by Gasteiger charge is -1.97. The van der Waals surface area contributed by atoms with Crippen molar-refractivity contribution in [3.63, 3.8) is 0 Å². The molecule has 0 amide bonds. The Hall–Kier alpha value is -1.88. The van der Waals surface area contributed by atoms with E-state index in [9.17, 15) is 0 Å². The van der Waals surface area contributed by atoms with Crippen LogP contribution in [-0.4, -0.2) is 14.6 Å². The largest absolute Gasteiger partial charge is 0.384 e. The van der Waals surface area contributed by atoms with Crippen LogP contribution in [0, 0.1) is 0 Å². The molecule has 2 aromatic heterocycles. The Kier molecular flexibility index (Phi) is 2.33. The highest BCUT2D eigenvalue weighted by atomic mass is 79.9. The van der Waals surface area contributed by atoms with Gasteiger partial charge in [0.05, 0.1) is 0 Å². The number of nitrogen functional groups attached to an aromatic ring is 1. The van der Waals surface area contributed by atoms with Crippen molar-refractivity contribution in [2.24, 2.45) is 0 Å². The van der Waals surface area contributed by atoms with Crippen LogP contribution in [0.2, 0.25) is 0 Å². The Morgan fingerprint density at radius 1 is 1.06 bits per heavy atom. The maximum atomic E-state index is 5.83. The third-order valence-corrected chi connectivity index (χ3v) is 3.20. The predicted octanol–water partition coefficient (Wildman–Crippen LogP) is 2.74. The number of rotatable bonds is 1.